The molecule has 5 heteroatoms. The van der Waals surface area contributed by atoms with Gasteiger partial charge >= 0.3 is 0 Å². The molecule has 0 rings (SSSR count). The molecular formula is C9H14ClN3O. The molecule has 0 unspecified atom stereocenters. The highest BCUT2D eigenvalue weighted by Crippen LogP contribution is 1.90. The van der Waals surface area contributed by atoms with Gasteiger partial charge in [-0.3, -0.25) is 4.79 Å². The molecule has 4 nitrogen and oxygen atoms in total. The van der Waals surface area contributed by atoms with E-state index in [0.717, 1.165) is 13.0 Å². The number of nitriles is 1. The molecule has 0 radical (unpaired) electrons. The standard InChI is InChI=1S/C9H14ClN3O/c1-2-4-12-7-8(6-11)9(14)13-5-3-10/h7,12H,2-5H2,1H3,(H,13,14)/b8-7-. The molecule has 0 fully saturated rings. The first-order chi connectivity index (χ1) is 6.76. The Hall–Kier alpha value is -1.21. The number of hydrogen-bond donors (Lipinski definition) is 2. The van der Waals surface area contributed by atoms with Crippen molar-refractivity contribution in [1.82, 2.24) is 10.6 Å². The normalized spacial score (nSPS) is 10.5. The smallest absolute Gasteiger partial charge is 0.263 e. The Balaban J connectivity index is 4.06. The van der Waals surface area contributed by atoms with Crippen molar-refractivity contribution in [3.05, 3.63) is 11.8 Å². The summed E-state index contributed by atoms with van der Waals surface area (Å²) in [5.74, 6) is -0.0518. The van der Waals surface area contributed by atoms with Gasteiger partial charge in [-0.2, -0.15) is 5.26 Å². The van der Waals surface area contributed by atoms with Crippen LogP contribution in [-0.2, 0) is 4.79 Å². The Kier molecular flexibility index (Phi) is 7.67. The second-order valence-corrected chi connectivity index (χ2v) is 2.95. The average Bonchev–Trinajstić information content (AvgIpc) is 2.21. The first kappa shape index (κ1) is 12.8. The van der Waals surface area contributed by atoms with Crippen LogP contribution in [-0.4, -0.2) is 24.9 Å². The molecule has 2 N–H and O–H groups in total. The lowest BCUT2D eigenvalue weighted by molar-refractivity contribution is -0.117. The molecule has 0 saturated carbocycles. The van der Waals surface area contributed by atoms with Gasteiger partial charge in [0.1, 0.15) is 11.6 Å². The van der Waals surface area contributed by atoms with Crippen molar-refractivity contribution >= 4 is 17.5 Å². The summed E-state index contributed by atoms with van der Waals surface area (Å²) in [5, 5.41) is 14.0. The molecule has 78 valence electrons. The summed E-state index contributed by atoms with van der Waals surface area (Å²) in [5.41, 5.74) is 0.0727. The van der Waals surface area contributed by atoms with Gasteiger partial charge in [-0.15, -0.1) is 11.6 Å². The van der Waals surface area contributed by atoms with E-state index in [1.165, 1.54) is 6.20 Å². The zero-order valence-corrected chi connectivity index (χ0v) is 8.90. The number of carbonyl (C=O) groups is 1. The van der Waals surface area contributed by atoms with E-state index in [1.807, 2.05) is 13.0 Å². The fraction of sp³-hybridized carbons (Fsp3) is 0.556. The summed E-state index contributed by atoms with van der Waals surface area (Å²) in [6.45, 7) is 3.11. The van der Waals surface area contributed by atoms with Gasteiger partial charge in [0.15, 0.2) is 0 Å². The Morgan fingerprint density at radius 1 is 1.57 bits per heavy atom. The van der Waals surface area contributed by atoms with Gasteiger partial charge < -0.3 is 10.6 Å². The minimum absolute atomic E-state index is 0.0727. The van der Waals surface area contributed by atoms with Gasteiger partial charge in [-0.25, -0.2) is 0 Å². The summed E-state index contributed by atoms with van der Waals surface area (Å²) in [7, 11) is 0. The predicted molar refractivity (Wildman–Crippen MR) is 55.7 cm³/mol. The molecule has 0 aliphatic rings. The number of rotatable bonds is 6. The Bertz CT molecular complexity index is 245. The maximum Gasteiger partial charge on any atom is 0.263 e. The molecular weight excluding hydrogens is 202 g/mol. The molecule has 0 aromatic carbocycles. The summed E-state index contributed by atoms with van der Waals surface area (Å²) < 4.78 is 0. The number of amides is 1. The van der Waals surface area contributed by atoms with Crippen LogP contribution in [0.25, 0.3) is 0 Å². The highest BCUT2D eigenvalue weighted by atomic mass is 35.5. The molecule has 0 heterocycles. The molecule has 0 saturated heterocycles. The fourth-order valence-electron chi connectivity index (χ4n) is 0.723. The molecule has 0 aliphatic carbocycles. The van der Waals surface area contributed by atoms with Gasteiger partial charge in [0.25, 0.3) is 5.91 Å². The Morgan fingerprint density at radius 2 is 2.29 bits per heavy atom. The third-order valence-corrected chi connectivity index (χ3v) is 1.57. The van der Waals surface area contributed by atoms with E-state index in [1.54, 1.807) is 0 Å². The minimum atomic E-state index is -0.392. The van der Waals surface area contributed by atoms with Gasteiger partial charge in [-0.05, 0) is 6.42 Å². The summed E-state index contributed by atoms with van der Waals surface area (Å²) in [6, 6.07) is 1.81. The SMILES string of the molecule is CCCN/C=C(/C#N)C(=O)NCCCl. The highest BCUT2D eigenvalue weighted by molar-refractivity contribution is 6.18. The van der Waals surface area contributed by atoms with Crippen molar-refractivity contribution in [2.45, 2.75) is 13.3 Å². The van der Waals surface area contributed by atoms with Gasteiger partial charge in [0.05, 0.1) is 0 Å². The lowest BCUT2D eigenvalue weighted by atomic mass is 10.3. The lowest BCUT2D eigenvalue weighted by Crippen LogP contribution is -2.27. The van der Waals surface area contributed by atoms with Crippen LogP contribution in [0.1, 0.15) is 13.3 Å². The Morgan fingerprint density at radius 3 is 2.79 bits per heavy atom. The predicted octanol–water partition coefficient (Wildman–Crippen LogP) is 0.748. The number of hydrogen-bond acceptors (Lipinski definition) is 3. The van der Waals surface area contributed by atoms with Crippen molar-refractivity contribution in [2.75, 3.05) is 19.0 Å². The summed E-state index contributed by atoms with van der Waals surface area (Å²) in [6.07, 6.45) is 2.37. The molecule has 0 aliphatic heterocycles. The lowest BCUT2D eigenvalue weighted by Gasteiger charge is -2.01. The molecule has 14 heavy (non-hydrogen) atoms. The fourth-order valence-corrected chi connectivity index (χ4v) is 0.818. The zero-order chi connectivity index (χ0) is 10.8. The van der Waals surface area contributed by atoms with Crippen molar-refractivity contribution in [1.29, 1.82) is 5.26 Å². The van der Waals surface area contributed by atoms with Crippen molar-refractivity contribution in [2.24, 2.45) is 0 Å². The quantitative estimate of drug-likeness (QED) is 0.297. The van der Waals surface area contributed by atoms with Crippen molar-refractivity contribution in [3.8, 4) is 6.07 Å². The average molecular weight is 216 g/mol. The third kappa shape index (κ3) is 5.44. The second kappa shape index (κ2) is 8.39. The maximum atomic E-state index is 11.2. The van der Waals surface area contributed by atoms with Crippen LogP contribution in [0.5, 0.6) is 0 Å². The highest BCUT2D eigenvalue weighted by Gasteiger charge is 2.06. The van der Waals surface area contributed by atoms with Gasteiger partial charge in [-0.1, -0.05) is 6.92 Å². The van der Waals surface area contributed by atoms with Crippen LogP contribution in [0.4, 0.5) is 0 Å². The van der Waals surface area contributed by atoms with Crippen LogP contribution in [0.2, 0.25) is 0 Å². The molecule has 0 bridgehead atoms. The van der Waals surface area contributed by atoms with Crippen molar-refractivity contribution < 1.29 is 4.79 Å². The first-order valence-corrected chi connectivity index (χ1v) is 4.97. The van der Waals surface area contributed by atoms with Crippen LogP contribution in [0, 0.1) is 11.3 Å². The summed E-state index contributed by atoms with van der Waals surface area (Å²) in [4.78, 5) is 11.2. The van der Waals surface area contributed by atoms with E-state index in [4.69, 9.17) is 16.9 Å². The Labute approximate surface area is 88.9 Å². The molecule has 1 amide bonds. The molecule has 0 spiro atoms. The van der Waals surface area contributed by atoms with E-state index in [9.17, 15) is 4.79 Å². The van der Waals surface area contributed by atoms with E-state index in [-0.39, 0.29) is 5.57 Å². The number of halogens is 1. The zero-order valence-electron chi connectivity index (χ0n) is 8.14. The minimum Gasteiger partial charge on any atom is -0.390 e. The van der Waals surface area contributed by atoms with E-state index < -0.39 is 5.91 Å². The largest absolute Gasteiger partial charge is 0.390 e. The monoisotopic (exact) mass is 215 g/mol. The molecule has 0 aromatic rings. The van der Waals surface area contributed by atoms with Crippen LogP contribution >= 0.6 is 11.6 Å². The van der Waals surface area contributed by atoms with Gasteiger partial charge in [0, 0.05) is 25.2 Å². The number of nitrogens with zero attached hydrogens (tertiary/aromatic N) is 1. The summed E-state index contributed by atoms with van der Waals surface area (Å²) >= 11 is 5.39. The maximum absolute atomic E-state index is 11.2. The van der Waals surface area contributed by atoms with Crippen LogP contribution in [0.3, 0.4) is 0 Å². The van der Waals surface area contributed by atoms with Gasteiger partial charge in [0.2, 0.25) is 0 Å². The van der Waals surface area contributed by atoms with Crippen LogP contribution in [0.15, 0.2) is 11.8 Å². The third-order valence-electron chi connectivity index (χ3n) is 1.39. The van der Waals surface area contributed by atoms with E-state index in [0.29, 0.717) is 12.4 Å². The number of nitrogens with one attached hydrogen (secondary N) is 2. The number of alkyl halides is 1. The topological polar surface area (TPSA) is 64.9 Å². The number of carbonyl (C=O) groups excluding carboxylic acids is 1. The van der Waals surface area contributed by atoms with E-state index in [2.05, 4.69) is 10.6 Å². The van der Waals surface area contributed by atoms with Crippen molar-refractivity contribution in [3.63, 3.8) is 0 Å². The van der Waals surface area contributed by atoms with Crippen LogP contribution < -0.4 is 10.6 Å². The second-order valence-electron chi connectivity index (χ2n) is 2.57. The molecule has 0 atom stereocenters. The van der Waals surface area contributed by atoms with E-state index >= 15 is 0 Å². The molecule has 0 aromatic heterocycles. The first-order valence-electron chi connectivity index (χ1n) is 4.44.